The Labute approximate surface area is 431 Å². The van der Waals surface area contributed by atoms with E-state index in [0.29, 0.717) is 17.5 Å². The van der Waals surface area contributed by atoms with Gasteiger partial charge in [-0.2, -0.15) is 0 Å². The van der Waals surface area contributed by atoms with E-state index in [4.69, 9.17) is 23.8 Å². The van der Waals surface area contributed by atoms with E-state index < -0.39 is 0 Å². The highest BCUT2D eigenvalue weighted by atomic mass is 16.3. The molecule has 15 rings (SSSR count). The minimum atomic E-state index is 0.574. The summed E-state index contributed by atoms with van der Waals surface area (Å²) in [6, 6.07) is 89.2. The van der Waals surface area contributed by atoms with Crippen molar-refractivity contribution < 1.29 is 8.83 Å². The highest BCUT2D eigenvalue weighted by Crippen LogP contribution is 2.43. The van der Waals surface area contributed by atoms with Crippen molar-refractivity contribution in [1.29, 1.82) is 0 Å². The van der Waals surface area contributed by atoms with E-state index in [1.54, 1.807) is 0 Å². The van der Waals surface area contributed by atoms with Crippen LogP contribution in [0, 0.1) is 0 Å². The van der Waals surface area contributed by atoms with Crippen LogP contribution in [-0.2, 0) is 0 Å². The van der Waals surface area contributed by atoms with Crippen molar-refractivity contribution in [3.8, 4) is 84.4 Å². The van der Waals surface area contributed by atoms with Gasteiger partial charge >= 0.3 is 0 Å². The maximum absolute atomic E-state index is 6.86. The van der Waals surface area contributed by atoms with Crippen LogP contribution in [0.15, 0.2) is 264 Å². The molecule has 4 heterocycles. The van der Waals surface area contributed by atoms with Crippen molar-refractivity contribution >= 4 is 65.7 Å². The van der Waals surface area contributed by atoms with Gasteiger partial charge in [0.05, 0.1) is 16.7 Å². The molecule has 0 aliphatic heterocycles. The Balaban J connectivity index is 0.852. The number of benzene rings is 11. The molecule has 75 heavy (non-hydrogen) atoms. The predicted octanol–water partition coefficient (Wildman–Crippen LogP) is 18.4. The summed E-state index contributed by atoms with van der Waals surface area (Å²) in [5.74, 6) is 1.77. The Morgan fingerprint density at radius 3 is 1.49 bits per heavy atom. The fourth-order valence-corrected chi connectivity index (χ4v) is 11.0. The van der Waals surface area contributed by atoms with Crippen LogP contribution in [0.25, 0.3) is 150 Å². The molecule has 15 aromatic rings. The Bertz CT molecular complexity index is 4690. The van der Waals surface area contributed by atoms with Gasteiger partial charge in [-0.05, 0) is 99.6 Å². The average molecular weight is 959 g/mol. The van der Waals surface area contributed by atoms with Gasteiger partial charge in [0.2, 0.25) is 0 Å². The van der Waals surface area contributed by atoms with E-state index in [1.807, 2.05) is 48.5 Å². The quantitative estimate of drug-likeness (QED) is 0.152. The SMILES string of the molecule is c1ccc(-c2ccc(-c3nc(-c4ccccc4)nc(-c4cc(-c5cccc(-c6ccc7oc8c(-n9c%10ccccc%10c%10cc(-c%11ccccc%11)ccc%109)cccc8c7c6)c5)c5oc6ccccc6c5c4)n3)cc2)cc1. The second-order valence-corrected chi connectivity index (χ2v) is 19.1. The molecule has 0 aliphatic rings. The molecule has 0 saturated carbocycles. The average Bonchev–Trinajstić information content (AvgIpc) is 4.22. The van der Waals surface area contributed by atoms with Gasteiger partial charge in [0.15, 0.2) is 23.1 Å². The van der Waals surface area contributed by atoms with Crippen LogP contribution < -0.4 is 0 Å². The third-order valence-electron chi connectivity index (χ3n) is 14.7. The van der Waals surface area contributed by atoms with Gasteiger partial charge in [-0.1, -0.05) is 194 Å². The molecule has 0 spiro atoms. The zero-order chi connectivity index (χ0) is 49.4. The number of furan rings is 2. The number of hydrogen-bond donors (Lipinski definition) is 0. The first-order valence-electron chi connectivity index (χ1n) is 25.2. The molecule has 0 unspecified atom stereocenters. The van der Waals surface area contributed by atoms with Crippen LogP contribution in [0.2, 0.25) is 0 Å². The summed E-state index contributed by atoms with van der Waals surface area (Å²) in [4.78, 5) is 15.5. The van der Waals surface area contributed by atoms with Gasteiger partial charge < -0.3 is 13.4 Å². The van der Waals surface area contributed by atoms with Crippen molar-refractivity contribution in [3.05, 3.63) is 255 Å². The monoisotopic (exact) mass is 958 g/mol. The summed E-state index contributed by atoms with van der Waals surface area (Å²) >= 11 is 0. The van der Waals surface area contributed by atoms with Gasteiger partial charge in [-0.3, -0.25) is 0 Å². The maximum atomic E-state index is 6.86. The minimum Gasteiger partial charge on any atom is -0.455 e. The van der Waals surface area contributed by atoms with E-state index in [-0.39, 0.29) is 0 Å². The molecule has 0 aliphatic carbocycles. The van der Waals surface area contributed by atoms with Crippen molar-refractivity contribution in [2.75, 3.05) is 0 Å². The summed E-state index contributed by atoms with van der Waals surface area (Å²) in [5.41, 5.74) is 18.0. The molecule has 4 aromatic heterocycles. The Kier molecular flexibility index (Phi) is 9.78. The summed E-state index contributed by atoms with van der Waals surface area (Å²) in [5, 5.41) is 6.52. The molecule has 0 radical (unpaired) electrons. The molecule has 0 fully saturated rings. The van der Waals surface area contributed by atoms with Crippen molar-refractivity contribution in [1.82, 2.24) is 19.5 Å². The van der Waals surface area contributed by atoms with E-state index in [0.717, 1.165) is 111 Å². The highest BCUT2D eigenvalue weighted by molar-refractivity contribution is 6.14. The predicted molar refractivity (Wildman–Crippen MR) is 307 cm³/mol. The van der Waals surface area contributed by atoms with Gasteiger partial charge in [0.25, 0.3) is 0 Å². The first-order valence-corrected chi connectivity index (χ1v) is 25.2. The first-order chi connectivity index (χ1) is 37.1. The molecule has 0 saturated heterocycles. The van der Waals surface area contributed by atoms with Gasteiger partial charge in [-0.25, -0.2) is 15.0 Å². The highest BCUT2D eigenvalue weighted by Gasteiger charge is 2.21. The van der Waals surface area contributed by atoms with Gasteiger partial charge in [-0.15, -0.1) is 0 Å². The van der Waals surface area contributed by atoms with E-state index in [9.17, 15) is 0 Å². The second-order valence-electron chi connectivity index (χ2n) is 19.1. The maximum Gasteiger partial charge on any atom is 0.164 e. The standard InChI is InChI=1S/C69H42N4O2/c1-4-16-43(17-5-1)45-30-32-47(33-31-45)68-70-67(46-20-8-3-9-21-46)71-69(72-68)52-41-56(65-59(42-52)54-25-11-13-29-63(54)74-65)51-23-14-22-48(38-51)50-35-37-64-58(40-50)55-26-15-28-62(66(55)75-64)73-60-27-12-10-24-53(60)57-39-49(34-36-61(57)73)44-18-6-2-7-19-44/h1-42H. The molecular weight excluding hydrogens is 917 g/mol. The third-order valence-corrected chi connectivity index (χ3v) is 14.7. The zero-order valence-corrected chi connectivity index (χ0v) is 40.4. The zero-order valence-electron chi connectivity index (χ0n) is 40.4. The molecule has 6 heteroatoms. The van der Waals surface area contributed by atoms with E-state index in [1.165, 1.54) is 21.9 Å². The lowest BCUT2D eigenvalue weighted by Gasteiger charge is -2.12. The van der Waals surface area contributed by atoms with Crippen molar-refractivity contribution in [3.63, 3.8) is 0 Å². The number of rotatable bonds is 8. The van der Waals surface area contributed by atoms with Gasteiger partial charge in [0, 0.05) is 54.6 Å². The summed E-state index contributed by atoms with van der Waals surface area (Å²) < 4.78 is 16.0. The van der Waals surface area contributed by atoms with Crippen LogP contribution in [0.4, 0.5) is 0 Å². The number of hydrogen-bond acceptors (Lipinski definition) is 5. The van der Waals surface area contributed by atoms with E-state index >= 15 is 0 Å². The molecule has 0 N–H and O–H groups in total. The van der Waals surface area contributed by atoms with Crippen molar-refractivity contribution in [2.24, 2.45) is 0 Å². The number of fused-ring (bicyclic) bond motifs is 9. The van der Waals surface area contributed by atoms with Crippen LogP contribution >= 0.6 is 0 Å². The van der Waals surface area contributed by atoms with Crippen LogP contribution in [0.1, 0.15) is 0 Å². The van der Waals surface area contributed by atoms with Crippen LogP contribution in [-0.4, -0.2) is 19.5 Å². The normalized spacial score (nSPS) is 11.7. The number of aromatic nitrogens is 4. The molecule has 0 atom stereocenters. The van der Waals surface area contributed by atoms with Crippen LogP contribution in [0.3, 0.4) is 0 Å². The fraction of sp³-hybridized carbons (Fsp3) is 0. The molecule has 11 aromatic carbocycles. The topological polar surface area (TPSA) is 69.9 Å². The molecule has 0 bridgehead atoms. The Morgan fingerprint density at radius 1 is 0.253 bits per heavy atom. The molecule has 0 amide bonds. The second kappa shape index (κ2) is 17.3. The lowest BCUT2D eigenvalue weighted by atomic mass is 9.95. The molecule has 6 nitrogen and oxygen atoms in total. The number of nitrogens with zero attached hydrogens (tertiary/aromatic N) is 4. The minimum absolute atomic E-state index is 0.574. The third kappa shape index (κ3) is 7.22. The summed E-state index contributed by atoms with van der Waals surface area (Å²) in [6.45, 7) is 0. The summed E-state index contributed by atoms with van der Waals surface area (Å²) in [7, 11) is 0. The largest absolute Gasteiger partial charge is 0.455 e. The van der Waals surface area contributed by atoms with Gasteiger partial charge in [0.1, 0.15) is 16.7 Å². The van der Waals surface area contributed by atoms with Crippen LogP contribution in [0.5, 0.6) is 0 Å². The molecular formula is C69H42N4O2. The number of para-hydroxylation sites is 3. The fourth-order valence-electron chi connectivity index (χ4n) is 11.0. The lowest BCUT2D eigenvalue weighted by molar-refractivity contribution is 0.666. The lowest BCUT2D eigenvalue weighted by Crippen LogP contribution is -2.00. The Morgan fingerprint density at radius 2 is 0.720 bits per heavy atom. The van der Waals surface area contributed by atoms with Crippen molar-refractivity contribution in [2.45, 2.75) is 0 Å². The van der Waals surface area contributed by atoms with E-state index in [2.05, 4.69) is 211 Å². The molecule has 350 valence electrons. The first kappa shape index (κ1) is 42.5. The summed E-state index contributed by atoms with van der Waals surface area (Å²) in [6.07, 6.45) is 0. The Hall–Kier alpha value is -10.2. The smallest absolute Gasteiger partial charge is 0.164 e.